The van der Waals surface area contributed by atoms with Gasteiger partial charge in [-0.1, -0.05) is 23.2 Å². The van der Waals surface area contributed by atoms with Gasteiger partial charge in [0.05, 0.1) is 0 Å². The Hall–Kier alpha value is -1.89. The molecule has 0 unspecified atom stereocenters. The van der Waals surface area contributed by atoms with Crippen LogP contribution < -0.4 is 10.6 Å². The summed E-state index contributed by atoms with van der Waals surface area (Å²) in [6.07, 6.45) is 0. The van der Waals surface area contributed by atoms with E-state index in [0.29, 0.717) is 33.5 Å². The number of halogens is 2. The number of fused-ring (bicyclic) bond motifs is 2. The van der Waals surface area contributed by atoms with Crippen LogP contribution in [0.4, 0.5) is 16.2 Å². The van der Waals surface area contributed by atoms with Crippen molar-refractivity contribution < 1.29 is 9.59 Å². The number of carbonyl (C=O) groups is 2. The Balaban J connectivity index is 1.75. The molecular formula is C19H17Cl2N3O2S. The largest absolute Gasteiger partial charge is 0.323 e. The van der Waals surface area contributed by atoms with Crippen molar-refractivity contribution in [1.82, 2.24) is 4.90 Å². The molecule has 0 saturated carbocycles. The van der Waals surface area contributed by atoms with E-state index < -0.39 is 4.87 Å². The van der Waals surface area contributed by atoms with E-state index in [1.807, 2.05) is 13.8 Å². The lowest BCUT2D eigenvalue weighted by molar-refractivity contribution is -0.121. The van der Waals surface area contributed by atoms with Crippen molar-refractivity contribution in [1.29, 1.82) is 0 Å². The van der Waals surface area contributed by atoms with E-state index in [-0.39, 0.29) is 16.7 Å². The second kappa shape index (κ2) is 6.33. The van der Waals surface area contributed by atoms with Gasteiger partial charge in [-0.25, -0.2) is 4.79 Å². The van der Waals surface area contributed by atoms with Crippen LogP contribution >= 0.6 is 35.0 Å². The fraction of sp³-hybridized carbons (Fsp3) is 0.263. The third kappa shape index (κ3) is 3.06. The zero-order valence-electron chi connectivity index (χ0n) is 14.7. The van der Waals surface area contributed by atoms with Gasteiger partial charge in [-0.15, -0.1) is 11.8 Å². The number of amides is 3. The lowest BCUT2D eigenvalue weighted by Crippen LogP contribution is -2.49. The molecule has 2 aromatic carbocycles. The molecule has 140 valence electrons. The summed E-state index contributed by atoms with van der Waals surface area (Å²) in [5, 5.41) is 6.87. The van der Waals surface area contributed by atoms with Gasteiger partial charge in [0.25, 0.3) is 5.91 Å². The highest BCUT2D eigenvalue weighted by Gasteiger charge is 2.61. The van der Waals surface area contributed by atoms with Gasteiger partial charge in [0.15, 0.2) is 4.87 Å². The molecule has 4 rings (SSSR count). The molecule has 2 aliphatic rings. The number of nitrogens with zero attached hydrogens (tertiary/aromatic N) is 1. The van der Waals surface area contributed by atoms with Crippen LogP contribution in [0, 0.1) is 0 Å². The van der Waals surface area contributed by atoms with Crippen LogP contribution in [0.1, 0.15) is 19.4 Å². The monoisotopic (exact) mass is 421 g/mol. The summed E-state index contributed by atoms with van der Waals surface area (Å²) in [4.78, 5) is 26.6. The fourth-order valence-corrected chi connectivity index (χ4v) is 5.49. The first kappa shape index (κ1) is 18.5. The summed E-state index contributed by atoms with van der Waals surface area (Å²) < 4.78 is -0.307. The predicted octanol–water partition coefficient (Wildman–Crippen LogP) is 5.16. The average Bonchev–Trinajstić information content (AvgIpc) is 3.04. The van der Waals surface area contributed by atoms with E-state index in [1.54, 1.807) is 47.4 Å². The molecule has 27 heavy (non-hydrogen) atoms. The fourth-order valence-electron chi connectivity index (χ4n) is 3.52. The Labute approximate surface area is 171 Å². The van der Waals surface area contributed by atoms with E-state index in [2.05, 4.69) is 10.6 Å². The minimum atomic E-state index is -1.15. The summed E-state index contributed by atoms with van der Waals surface area (Å²) in [6, 6.07) is 11.7. The highest BCUT2D eigenvalue weighted by molar-refractivity contribution is 8.02. The Morgan fingerprint density at radius 1 is 1.15 bits per heavy atom. The van der Waals surface area contributed by atoms with Crippen LogP contribution in [0.15, 0.2) is 42.5 Å². The van der Waals surface area contributed by atoms with Crippen LogP contribution in [0.5, 0.6) is 0 Å². The molecule has 2 heterocycles. The molecule has 1 spiro atoms. The molecule has 2 N–H and O–H groups in total. The normalized spacial score (nSPS) is 22.7. The summed E-state index contributed by atoms with van der Waals surface area (Å²) in [5.41, 5.74) is 2.00. The molecule has 5 nitrogen and oxygen atoms in total. The lowest BCUT2D eigenvalue weighted by Gasteiger charge is -2.32. The summed E-state index contributed by atoms with van der Waals surface area (Å²) in [5.74, 6) is -0.235. The topological polar surface area (TPSA) is 61.4 Å². The van der Waals surface area contributed by atoms with Gasteiger partial charge >= 0.3 is 6.03 Å². The number of anilines is 2. The van der Waals surface area contributed by atoms with Crippen molar-refractivity contribution in [3.63, 3.8) is 0 Å². The van der Waals surface area contributed by atoms with Crippen LogP contribution in [-0.4, -0.2) is 28.1 Å². The highest BCUT2D eigenvalue weighted by Crippen LogP contribution is 2.58. The molecule has 1 fully saturated rings. The Kier molecular flexibility index (Phi) is 4.33. The van der Waals surface area contributed by atoms with Gasteiger partial charge in [0.1, 0.15) is 0 Å². The van der Waals surface area contributed by atoms with Crippen molar-refractivity contribution in [2.24, 2.45) is 0 Å². The average molecular weight is 422 g/mol. The van der Waals surface area contributed by atoms with Gasteiger partial charge in [-0.3, -0.25) is 9.69 Å². The number of thioether (sulfide) groups is 1. The van der Waals surface area contributed by atoms with Crippen molar-refractivity contribution >= 4 is 58.3 Å². The molecule has 1 saturated heterocycles. The summed E-state index contributed by atoms with van der Waals surface area (Å²) >= 11 is 13.6. The highest BCUT2D eigenvalue weighted by atomic mass is 35.5. The molecule has 2 aliphatic heterocycles. The van der Waals surface area contributed by atoms with Gasteiger partial charge in [0, 0.05) is 38.3 Å². The first-order valence-electron chi connectivity index (χ1n) is 8.37. The molecule has 0 bridgehead atoms. The van der Waals surface area contributed by atoms with Gasteiger partial charge < -0.3 is 10.6 Å². The van der Waals surface area contributed by atoms with Crippen LogP contribution in [0.3, 0.4) is 0 Å². The van der Waals surface area contributed by atoms with Gasteiger partial charge in [-0.05, 0) is 56.3 Å². The minimum Gasteiger partial charge on any atom is -0.323 e. The van der Waals surface area contributed by atoms with E-state index >= 15 is 0 Å². The molecule has 2 aromatic rings. The summed E-state index contributed by atoms with van der Waals surface area (Å²) in [7, 11) is 0. The second-order valence-corrected chi connectivity index (χ2v) is 9.95. The smallest absolute Gasteiger partial charge is 0.323 e. The number of hydrogen-bond acceptors (Lipinski definition) is 3. The molecule has 0 radical (unpaired) electrons. The maximum absolute atomic E-state index is 13.1. The van der Waals surface area contributed by atoms with E-state index in [0.717, 1.165) is 0 Å². The van der Waals surface area contributed by atoms with Gasteiger partial charge in [-0.2, -0.15) is 0 Å². The Morgan fingerprint density at radius 3 is 2.52 bits per heavy atom. The zero-order valence-corrected chi connectivity index (χ0v) is 17.0. The molecule has 8 heteroatoms. The van der Waals surface area contributed by atoms with E-state index in [1.165, 1.54) is 11.8 Å². The van der Waals surface area contributed by atoms with Crippen LogP contribution in [-0.2, 0) is 9.67 Å². The molecular weight excluding hydrogens is 405 g/mol. The van der Waals surface area contributed by atoms with E-state index in [9.17, 15) is 9.59 Å². The standard InChI is InChI=1S/C19H17Cl2N3O2S/c1-18(2)10-24(17(26)22-13-6-3-11(20)4-7-13)19(27-18)14-9-12(21)5-8-15(14)23-16(19)25/h3-9H,10H2,1-2H3,(H,22,26)(H,23,25)/t19-/m0/s1. The van der Waals surface area contributed by atoms with Crippen molar-refractivity contribution in [2.75, 3.05) is 17.2 Å². The second-order valence-electron chi connectivity index (χ2n) is 7.17. The number of carbonyl (C=O) groups excluding carboxylic acids is 2. The number of urea groups is 1. The third-order valence-electron chi connectivity index (χ3n) is 4.59. The Morgan fingerprint density at radius 2 is 1.81 bits per heavy atom. The maximum Gasteiger partial charge on any atom is 0.323 e. The zero-order chi connectivity index (χ0) is 19.4. The van der Waals surface area contributed by atoms with Crippen LogP contribution in [0.2, 0.25) is 10.0 Å². The number of nitrogens with one attached hydrogen (secondary N) is 2. The third-order valence-corrected chi connectivity index (χ3v) is 6.68. The van der Waals surface area contributed by atoms with E-state index in [4.69, 9.17) is 23.2 Å². The van der Waals surface area contributed by atoms with Gasteiger partial charge in [0.2, 0.25) is 0 Å². The van der Waals surface area contributed by atoms with Crippen LogP contribution in [0.25, 0.3) is 0 Å². The Bertz CT molecular complexity index is 948. The molecule has 3 amide bonds. The number of benzene rings is 2. The molecule has 0 aliphatic carbocycles. The first-order chi connectivity index (χ1) is 12.7. The number of hydrogen-bond donors (Lipinski definition) is 2. The quantitative estimate of drug-likeness (QED) is 0.668. The molecule has 0 aromatic heterocycles. The van der Waals surface area contributed by atoms with Crippen molar-refractivity contribution in [3.8, 4) is 0 Å². The lowest BCUT2D eigenvalue weighted by atomic mass is 10.0. The molecule has 1 atom stereocenters. The first-order valence-corrected chi connectivity index (χ1v) is 9.94. The minimum absolute atomic E-state index is 0.235. The maximum atomic E-state index is 13.1. The predicted molar refractivity (Wildman–Crippen MR) is 111 cm³/mol. The van der Waals surface area contributed by atoms with Crippen molar-refractivity contribution in [2.45, 2.75) is 23.5 Å². The SMILES string of the molecule is CC1(C)CN(C(=O)Nc2ccc(Cl)cc2)[C@@]2(S1)C(=O)Nc1ccc(Cl)cc12. The number of rotatable bonds is 1. The van der Waals surface area contributed by atoms with Crippen molar-refractivity contribution in [3.05, 3.63) is 58.1 Å². The summed E-state index contributed by atoms with van der Waals surface area (Å²) in [6.45, 7) is 4.45.